The Hall–Kier alpha value is -3.82. The molecule has 3 aromatic rings. The largest absolute Gasteiger partial charge is 0.493 e. The zero-order valence-electron chi connectivity index (χ0n) is 14.6. The molecule has 1 unspecified atom stereocenters. The van der Waals surface area contributed by atoms with Crippen molar-refractivity contribution in [3.05, 3.63) is 77.2 Å². The highest BCUT2D eigenvalue weighted by atomic mass is 19.1. The van der Waals surface area contributed by atoms with E-state index in [-0.39, 0.29) is 16.9 Å². The van der Waals surface area contributed by atoms with Gasteiger partial charge in [0.25, 0.3) is 5.91 Å². The molecule has 0 aliphatic rings. The molecule has 0 radical (unpaired) electrons. The minimum atomic E-state index is -1.32. The molecule has 150 valence electrons. The summed E-state index contributed by atoms with van der Waals surface area (Å²) in [5.41, 5.74) is -0.233. The Kier molecular flexibility index (Phi) is 5.53. The Morgan fingerprint density at radius 1 is 1.03 bits per heavy atom. The number of carboxylic acid groups (broad SMARTS) is 1. The topological polar surface area (TPSA) is 104 Å². The van der Waals surface area contributed by atoms with Crippen molar-refractivity contribution < 1.29 is 33.0 Å². The van der Waals surface area contributed by atoms with Crippen LogP contribution in [0.15, 0.2) is 48.5 Å². The second-order valence-corrected chi connectivity index (χ2v) is 6.07. The molecule has 29 heavy (non-hydrogen) atoms. The third kappa shape index (κ3) is 4.54. The summed E-state index contributed by atoms with van der Waals surface area (Å²) in [4.78, 5) is 23.6. The van der Waals surface area contributed by atoms with Gasteiger partial charge in [0.15, 0.2) is 5.69 Å². The van der Waals surface area contributed by atoms with Crippen molar-refractivity contribution in [3.63, 3.8) is 0 Å². The summed E-state index contributed by atoms with van der Waals surface area (Å²) in [7, 11) is 0. The highest BCUT2D eigenvalue weighted by Crippen LogP contribution is 2.23. The maximum atomic E-state index is 14.1. The number of rotatable bonds is 6. The summed E-state index contributed by atoms with van der Waals surface area (Å²) in [6.45, 7) is 0. The zero-order valence-corrected chi connectivity index (χ0v) is 14.6. The smallest absolute Gasteiger partial charge is 0.305 e. The number of hydrogen-bond acceptors (Lipinski definition) is 4. The molecule has 0 saturated carbocycles. The summed E-state index contributed by atoms with van der Waals surface area (Å²) in [6, 6.07) is 7.17. The van der Waals surface area contributed by atoms with Gasteiger partial charge in [-0.2, -0.15) is 5.10 Å². The first-order valence-electron chi connectivity index (χ1n) is 8.27. The lowest BCUT2D eigenvalue weighted by Gasteiger charge is -2.17. The summed E-state index contributed by atoms with van der Waals surface area (Å²) in [5.74, 6) is -5.01. The van der Waals surface area contributed by atoms with E-state index in [0.717, 1.165) is 35.0 Å². The Morgan fingerprint density at radius 2 is 1.69 bits per heavy atom. The molecule has 3 N–H and O–H groups in total. The lowest BCUT2D eigenvalue weighted by Crippen LogP contribution is -2.31. The number of benzene rings is 2. The number of aromatic nitrogens is 2. The predicted molar refractivity (Wildman–Crippen MR) is 94.0 cm³/mol. The van der Waals surface area contributed by atoms with Crippen LogP contribution < -0.4 is 5.32 Å². The minimum absolute atomic E-state index is 0.218. The monoisotopic (exact) mass is 405 g/mol. The van der Waals surface area contributed by atoms with Crippen LogP contribution in [0, 0.1) is 17.5 Å². The molecule has 2 aromatic carbocycles. The molecule has 0 bridgehead atoms. The quantitative estimate of drug-likeness (QED) is 0.585. The number of hydrogen-bond donors (Lipinski definition) is 3. The van der Waals surface area contributed by atoms with Crippen LogP contribution in [0.1, 0.15) is 28.5 Å². The van der Waals surface area contributed by atoms with Crippen LogP contribution in [0.3, 0.4) is 0 Å². The Bertz CT molecular complexity index is 1070. The number of aromatic hydroxyl groups is 1. The lowest BCUT2D eigenvalue weighted by molar-refractivity contribution is -0.137. The van der Waals surface area contributed by atoms with Gasteiger partial charge in [-0.25, -0.2) is 17.9 Å². The van der Waals surface area contributed by atoms with Gasteiger partial charge >= 0.3 is 5.97 Å². The van der Waals surface area contributed by atoms with Gasteiger partial charge in [0.2, 0.25) is 5.88 Å². The van der Waals surface area contributed by atoms with E-state index in [1.807, 2.05) is 0 Å². The molecule has 7 nitrogen and oxygen atoms in total. The van der Waals surface area contributed by atoms with Gasteiger partial charge in [0.05, 0.1) is 18.2 Å². The van der Waals surface area contributed by atoms with Crippen molar-refractivity contribution in [1.29, 1.82) is 0 Å². The molecular formula is C19H14F3N3O4. The number of carboxylic acids is 1. The number of carbonyl (C=O) groups excluding carboxylic acids is 1. The van der Waals surface area contributed by atoms with Crippen LogP contribution in [0.25, 0.3) is 5.69 Å². The maximum absolute atomic E-state index is 14.1. The highest BCUT2D eigenvalue weighted by molar-refractivity contribution is 5.93. The minimum Gasteiger partial charge on any atom is -0.493 e. The molecule has 1 amide bonds. The molecule has 10 heteroatoms. The fourth-order valence-corrected chi connectivity index (χ4v) is 2.68. The van der Waals surface area contributed by atoms with Crippen molar-refractivity contribution in [3.8, 4) is 11.6 Å². The molecule has 1 aromatic heterocycles. The van der Waals surface area contributed by atoms with Crippen molar-refractivity contribution in [2.24, 2.45) is 0 Å². The van der Waals surface area contributed by atoms with Crippen molar-refractivity contribution in [2.75, 3.05) is 0 Å². The molecule has 0 aliphatic carbocycles. The third-order valence-corrected chi connectivity index (χ3v) is 4.02. The SMILES string of the molecule is O=C(O)CC(NC(=O)c1cc(O)n(-c2ccc(F)cc2)n1)c1ccc(F)cc1F. The molecule has 0 aliphatic heterocycles. The zero-order chi connectivity index (χ0) is 21.1. The Morgan fingerprint density at radius 3 is 2.31 bits per heavy atom. The van der Waals surface area contributed by atoms with Gasteiger partial charge in [0, 0.05) is 17.7 Å². The average Bonchev–Trinajstić information content (AvgIpc) is 3.03. The van der Waals surface area contributed by atoms with Gasteiger partial charge in [-0.15, -0.1) is 0 Å². The molecule has 1 atom stereocenters. The Labute approximate surface area is 162 Å². The van der Waals surface area contributed by atoms with E-state index in [4.69, 9.17) is 5.11 Å². The van der Waals surface area contributed by atoms with E-state index in [0.29, 0.717) is 6.07 Å². The van der Waals surface area contributed by atoms with Crippen molar-refractivity contribution in [2.45, 2.75) is 12.5 Å². The van der Waals surface area contributed by atoms with Crippen LogP contribution in [-0.2, 0) is 4.79 Å². The maximum Gasteiger partial charge on any atom is 0.305 e. The van der Waals surface area contributed by atoms with Gasteiger partial charge < -0.3 is 15.5 Å². The second kappa shape index (κ2) is 8.05. The van der Waals surface area contributed by atoms with E-state index in [1.165, 1.54) is 12.1 Å². The van der Waals surface area contributed by atoms with Crippen LogP contribution in [-0.4, -0.2) is 31.9 Å². The number of carbonyl (C=O) groups is 2. The normalized spacial score (nSPS) is 11.8. The van der Waals surface area contributed by atoms with Crippen LogP contribution >= 0.6 is 0 Å². The first-order valence-corrected chi connectivity index (χ1v) is 8.27. The molecule has 0 fully saturated rings. The summed E-state index contributed by atoms with van der Waals surface area (Å²) < 4.78 is 41.2. The standard InChI is InChI=1S/C19H14F3N3O4/c20-10-1-4-12(5-2-10)25-17(26)8-16(24-25)19(29)23-15(9-18(27)28)13-6-3-11(21)7-14(13)22/h1-8,15,26H,9H2,(H,23,29)(H,27,28). The van der Waals surface area contributed by atoms with E-state index in [9.17, 15) is 27.9 Å². The van der Waals surface area contributed by atoms with Gasteiger partial charge in [-0.05, 0) is 30.3 Å². The number of nitrogens with zero attached hydrogens (tertiary/aromatic N) is 2. The summed E-state index contributed by atoms with van der Waals surface area (Å²) >= 11 is 0. The molecule has 0 spiro atoms. The number of amides is 1. The first-order chi connectivity index (χ1) is 13.7. The van der Waals surface area contributed by atoms with Gasteiger partial charge in [-0.1, -0.05) is 6.07 Å². The van der Waals surface area contributed by atoms with Gasteiger partial charge in [0.1, 0.15) is 17.5 Å². The molecule has 0 saturated heterocycles. The lowest BCUT2D eigenvalue weighted by atomic mass is 10.0. The number of halogens is 3. The third-order valence-electron chi connectivity index (χ3n) is 4.02. The molecule has 3 rings (SSSR count). The van der Waals surface area contributed by atoms with Crippen molar-refractivity contribution >= 4 is 11.9 Å². The summed E-state index contributed by atoms with van der Waals surface area (Å²) in [5, 5.41) is 25.3. The van der Waals surface area contributed by atoms with E-state index in [2.05, 4.69) is 10.4 Å². The highest BCUT2D eigenvalue weighted by Gasteiger charge is 2.24. The molecular weight excluding hydrogens is 391 g/mol. The van der Waals surface area contributed by atoms with Crippen molar-refractivity contribution in [1.82, 2.24) is 15.1 Å². The molecule has 1 heterocycles. The first kappa shape index (κ1) is 19.9. The van der Waals surface area contributed by atoms with E-state index in [1.54, 1.807) is 0 Å². The Balaban J connectivity index is 1.87. The summed E-state index contributed by atoms with van der Waals surface area (Å²) in [6.07, 6.45) is -0.668. The van der Waals surface area contributed by atoms with Crippen LogP contribution in [0.5, 0.6) is 5.88 Å². The van der Waals surface area contributed by atoms with Crippen LogP contribution in [0.4, 0.5) is 13.2 Å². The predicted octanol–water partition coefficient (Wildman–Crippen LogP) is 2.94. The fraction of sp³-hybridized carbons (Fsp3) is 0.105. The average molecular weight is 405 g/mol. The van der Waals surface area contributed by atoms with E-state index >= 15 is 0 Å². The second-order valence-electron chi connectivity index (χ2n) is 6.07. The van der Waals surface area contributed by atoms with Crippen LogP contribution in [0.2, 0.25) is 0 Å². The van der Waals surface area contributed by atoms with E-state index < -0.39 is 47.7 Å². The fourth-order valence-electron chi connectivity index (χ4n) is 2.68. The van der Waals surface area contributed by atoms with Gasteiger partial charge in [-0.3, -0.25) is 9.59 Å². The number of aliphatic carboxylic acids is 1. The number of nitrogens with one attached hydrogen (secondary N) is 1.